The van der Waals surface area contributed by atoms with Gasteiger partial charge in [0.15, 0.2) is 0 Å². The first-order valence-corrected chi connectivity index (χ1v) is 12.1. The summed E-state index contributed by atoms with van der Waals surface area (Å²) in [6, 6.07) is 13.1. The predicted octanol–water partition coefficient (Wildman–Crippen LogP) is 2.52. The van der Waals surface area contributed by atoms with Gasteiger partial charge in [-0.2, -0.15) is 0 Å². The molecule has 0 unspecified atom stereocenters. The van der Waals surface area contributed by atoms with Crippen molar-refractivity contribution in [2.75, 3.05) is 7.11 Å². The van der Waals surface area contributed by atoms with E-state index in [1.807, 2.05) is 30.5 Å². The molecule has 9 heteroatoms. The Kier molecular flexibility index (Phi) is 6.62. The summed E-state index contributed by atoms with van der Waals surface area (Å²) in [5.41, 5.74) is 2.49. The minimum atomic E-state index is -3.52. The summed E-state index contributed by atoms with van der Waals surface area (Å²) in [7, 11) is -2.24. The van der Waals surface area contributed by atoms with Crippen LogP contribution in [0.25, 0.3) is 17.0 Å². The highest BCUT2D eigenvalue weighted by Crippen LogP contribution is 2.22. The zero-order chi connectivity index (χ0) is 23.4. The van der Waals surface area contributed by atoms with Gasteiger partial charge in [-0.1, -0.05) is 30.3 Å². The van der Waals surface area contributed by atoms with Gasteiger partial charge in [0.1, 0.15) is 6.04 Å². The van der Waals surface area contributed by atoms with Gasteiger partial charge in [0.2, 0.25) is 15.9 Å². The van der Waals surface area contributed by atoms with E-state index < -0.39 is 27.9 Å². The van der Waals surface area contributed by atoms with E-state index in [9.17, 15) is 18.0 Å². The predicted molar refractivity (Wildman–Crippen MR) is 125 cm³/mol. The normalized spacial score (nSPS) is 14.9. The van der Waals surface area contributed by atoms with E-state index >= 15 is 0 Å². The number of carbonyl (C=O) groups excluding carboxylic acids is 2. The Balaban J connectivity index is 1.41. The lowest BCUT2D eigenvalue weighted by atomic mass is 10.0. The molecule has 0 spiro atoms. The second kappa shape index (κ2) is 9.60. The number of aromatic amines is 1. The molecule has 0 saturated heterocycles. The third-order valence-electron chi connectivity index (χ3n) is 5.42. The number of aromatic nitrogens is 1. The molecule has 0 bridgehead atoms. The van der Waals surface area contributed by atoms with Gasteiger partial charge in [-0.05, 0) is 48.2 Å². The van der Waals surface area contributed by atoms with Gasteiger partial charge in [-0.15, -0.1) is 0 Å². The fourth-order valence-corrected chi connectivity index (χ4v) is 4.80. The van der Waals surface area contributed by atoms with Crippen LogP contribution in [-0.4, -0.2) is 44.5 Å². The number of fused-ring (bicyclic) bond motifs is 1. The van der Waals surface area contributed by atoms with Crippen LogP contribution in [0.2, 0.25) is 0 Å². The molecule has 4 rings (SSSR count). The first-order valence-electron chi connectivity index (χ1n) is 10.6. The molecule has 3 N–H and O–H groups in total. The number of benzene rings is 2. The highest BCUT2D eigenvalue weighted by molar-refractivity contribution is 7.89. The van der Waals surface area contributed by atoms with Gasteiger partial charge in [-0.3, -0.25) is 4.79 Å². The van der Waals surface area contributed by atoms with Gasteiger partial charge in [0.25, 0.3) is 0 Å². The van der Waals surface area contributed by atoms with Crippen LogP contribution >= 0.6 is 0 Å². The number of rotatable bonds is 9. The van der Waals surface area contributed by atoms with Crippen molar-refractivity contribution in [1.82, 2.24) is 15.0 Å². The Hall–Kier alpha value is -3.43. The lowest BCUT2D eigenvalue weighted by Gasteiger charge is -2.15. The molecule has 1 amide bonds. The lowest BCUT2D eigenvalue weighted by molar-refractivity contribution is -0.144. The van der Waals surface area contributed by atoms with Gasteiger partial charge >= 0.3 is 5.97 Å². The minimum absolute atomic E-state index is 0.0327. The standard InChI is InChI=1S/C24H25N3O5S/c1-32-24(29)22(14-17-15-25-21-5-3-2-4-20(17)21)26-23(28)13-8-16-6-11-19(12-7-16)33(30,31)27-18-9-10-18/h2-8,11-13,15,18,22,25,27H,9-10,14H2,1H3,(H,26,28)/b13-8+/t22-/m1/s1. The van der Waals surface area contributed by atoms with Crippen LogP contribution in [0.1, 0.15) is 24.0 Å². The molecule has 172 valence electrons. The number of esters is 1. The molecule has 2 aromatic carbocycles. The summed E-state index contributed by atoms with van der Waals surface area (Å²) in [5.74, 6) is -1.00. The van der Waals surface area contributed by atoms with Crippen molar-refractivity contribution in [3.63, 3.8) is 0 Å². The van der Waals surface area contributed by atoms with Crippen molar-refractivity contribution in [3.05, 3.63) is 71.9 Å². The first kappa shape index (κ1) is 22.8. The molecule has 1 aliphatic carbocycles. The number of ether oxygens (including phenoxy) is 1. The van der Waals surface area contributed by atoms with Crippen molar-refractivity contribution in [3.8, 4) is 0 Å². The number of carbonyl (C=O) groups is 2. The third kappa shape index (κ3) is 5.68. The van der Waals surface area contributed by atoms with E-state index in [0.29, 0.717) is 5.56 Å². The van der Waals surface area contributed by atoms with E-state index in [2.05, 4.69) is 15.0 Å². The maximum absolute atomic E-state index is 12.5. The molecule has 1 fully saturated rings. The number of para-hydroxylation sites is 1. The van der Waals surface area contributed by atoms with E-state index in [4.69, 9.17) is 4.74 Å². The molecule has 0 radical (unpaired) electrons. The SMILES string of the molecule is COC(=O)[C@@H](Cc1c[nH]c2ccccc12)NC(=O)/C=C/c1ccc(S(=O)(=O)NC2CC2)cc1. The Labute approximate surface area is 192 Å². The Morgan fingerprint density at radius 1 is 1.15 bits per heavy atom. The van der Waals surface area contributed by atoms with Crippen LogP contribution in [-0.2, 0) is 30.8 Å². The van der Waals surface area contributed by atoms with E-state index in [1.165, 1.54) is 25.3 Å². The molecule has 1 saturated carbocycles. The van der Waals surface area contributed by atoms with Gasteiger partial charge in [-0.25, -0.2) is 17.9 Å². The first-order chi connectivity index (χ1) is 15.9. The number of hydrogen-bond acceptors (Lipinski definition) is 5. The summed E-state index contributed by atoms with van der Waals surface area (Å²) in [4.78, 5) is 28.1. The highest BCUT2D eigenvalue weighted by atomic mass is 32.2. The second-order valence-corrected chi connectivity index (χ2v) is 9.66. The smallest absolute Gasteiger partial charge is 0.328 e. The number of nitrogens with one attached hydrogen (secondary N) is 3. The van der Waals surface area contributed by atoms with Gasteiger partial charge in [0, 0.05) is 35.6 Å². The molecule has 3 aromatic rings. The van der Waals surface area contributed by atoms with Gasteiger partial charge < -0.3 is 15.0 Å². The molecule has 33 heavy (non-hydrogen) atoms. The minimum Gasteiger partial charge on any atom is -0.467 e. The van der Waals surface area contributed by atoms with Crippen LogP contribution in [0.5, 0.6) is 0 Å². The fraction of sp³-hybridized carbons (Fsp3) is 0.250. The number of sulfonamides is 1. The molecule has 1 aromatic heterocycles. The van der Waals surface area contributed by atoms with Crippen LogP contribution in [0.3, 0.4) is 0 Å². The number of hydrogen-bond donors (Lipinski definition) is 3. The Bertz CT molecular complexity index is 1290. The number of H-pyrrole nitrogens is 1. The summed E-state index contributed by atoms with van der Waals surface area (Å²) in [6.45, 7) is 0. The Morgan fingerprint density at radius 2 is 1.88 bits per heavy atom. The van der Waals surface area contributed by atoms with Crippen molar-refractivity contribution in [2.45, 2.75) is 36.2 Å². The van der Waals surface area contributed by atoms with Crippen molar-refractivity contribution in [2.24, 2.45) is 0 Å². The van der Waals surface area contributed by atoms with Crippen LogP contribution in [0.4, 0.5) is 0 Å². The molecular weight excluding hydrogens is 442 g/mol. The number of amides is 1. The van der Waals surface area contributed by atoms with Crippen molar-refractivity contribution in [1.29, 1.82) is 0 Å². The van der Waals surface area contributed by atoms with Crippen LogP contribution < -0.4 is 10.0 Å². The Morgan fingerprint density at radius 3 is 2.58 bits per heavy atom. The average Bonchev–Trinajstić information content (AvgIpc) is 3.53. The topological polar surface area (TPSA) is 117 Å². The van der Waals surface area contributed by atoms with Crippen LogP contribution in [0.15, 0.2) is 65.7 Å². The molecule has 1 aliphatic rings. The number of methoxy groups -OCH3 is 1. The van der Waals surface area contributed by atoms with E-state index in [0.717, 1.165) is 29.3 Å². The van der Waals surface area contributed by atoms with Crippen molar-refractivity contribution < 1.29 is 22.7 Å². The maximum Gasteiger partial charge on any atom is 0.328 e. The van der Waals surface area contributed by atoms with E-state index in [-0.39, 0.29) is 17.4 Å². The molecule has 1 heterocycles. The quantitative estimate of drug-likeness (QED) is 0.330. The second-order valence-electron chi connectivity index (χ2n) is 7.95. The highest BCUT2D eigenvalue weighted by Gasteiger charge is 2.27. The fourth-order valence-electron chi connectivity index (χ4n) is 3.49. The summed E-state index contributed by atoms with van der Waals surface area (Å²) in [5, 5.41) is 3.66. The molecular formula is C24H25N3O5S. The molecule has 8 nitrogen and oxygen atoms in total. The van der Waals surface area contributed by atoms with E-state index in [1.54, 1.807) is 18.2 Å². The zero-order valence-electron chi connectivity index (χ0n) is 18.1. The maximum atomic E-state index is 12.5. The van der Waals surface area contributed by atoms with Crippen LogP contribution in [0, 0.1) is 0 Å². The lowest BCUT2D eigenvalue weighted by Crippen LogP contribution is -2.42. The molecule has 1 atom stereocenters. The zero-order valence-corrected chi connectivity index (χ0v) is 18.9. The summed E-state index contributed by atoms with van der Waals surface area (Å²) >= 11 is 0. The van der Waals surface area contributed by atoms with Gasteiger partial charge in [0.05, 0.1) is 12.0 Å². The molecule has 0 aliphatic heterocycles. The van der Waals surface area contributed by atoms with Crippen molar-refractivity contribution >= 4 is 38.9 Å². The largest absolute Gasteiger partial charge is 0.467 e. The average molecular weight is 468 g/mol. The monoisotopic (exact) mass is 467 g/mol. The summed E-state index contributed by atoms with van der Waals surface area (Å²) < 4.78 is 32.0. The summed E-state index contributed by atoms with van der Waals surface area (Å²) in [6.07, 6.45) is 6.67. The third-order valence-corrected chi connectivity index (χ3v) is 6.95.